The molecule has 192 valence electrons. The number of carbonyl (C=O) groups excluding carboxylic acids is 3. The average Bonchev–Trinajstić information content (AvgIpc) is 3.60. The number of nitrogens with zero attached hydrogens (tertiary/aromatic N) is 4. The molecule has 0 radical (unpaired) electrons. The van der Waals surface area contributed by atoms with Crippen LogP contribution in [0.15, 0.2) is 36.5 Å². The molecule has 1 aromatic heterocycles. The van der Waals surface area contributed by atoms with Gasteiger partial charge in [-0.15, -0.1) is 0 Å². The standard InChI is InChI=1S/C27H27F2N5O3/c1-16-20(29)3-5-22-24(16)27(26(37)34(22)15-23(35)33-9-6-19(28)14-33)7-10-32(11-8-27)25(36)17-2-4-21-18(12-17)13-30-31-21/h2-5,12-13,19H,6-11,14-15H2,1H3,(H,30,31). The van der Waals surface area contributed by atoms with Crippen LogP contribution in [0.3, 0.4) is 0 Å². The number of benzene rings is 2. The Morgan fingerprint density at radius 1 is 1.14 bits per heavy atom. The molecule has 3 amide bonds. The van der Waals surface area contributed by atoms with E-state index < -0.39 is 17.4 Å². The van der Waals surface area contributed by atoms with E-state index in [1.54, 1.807) is 36.2 Å². The molecule has 2 saturated heterocycles. The fraction of sp³-hybridized carbons (Fsp3) is 0.407. The van der Waals surface area contributed by atoms with Crippen LogP contribution in [0.2, 0.25) is 0 Å². The van der Waals surface area contributed by atoms with Crippen molar-refractivity contribution in [3.8, 4) is 0 Å². The molecule has 10 heteroatoms. The lowest BCUT2D eigenvalue weighted by molar-refractivity contribution is -0.132. The first kappa shape index (κ1) is 23.6. The summed E-state index contributed by atoms with van der Waals surface area (Å²) in [7, 11) is 0. The number of hydrogen-bond donors (Lipinski definition) is 1. The van der Waals surface area contributed by atoms with Crippen molar-refractivity contribution >= 4 is 34.3 Å². The summed E-state index contributed by atoms with van der Waals surface area (Å²) in [4.78, 5) is 44.7. The number of fused-ring (bicyclic) bond motifs is 3. The lowest BCUT2D eigenvalue weighted by Gasteiger charge is -2.39. The van der Waals surface area contributed by atoms with Gasteiger partial charge in [0.1, 0.15) is 18.5 Å². The van der Waals surface area contributed by atoms with Gasteiger partial charge in [-0.3, -0.25) is 19.5 Å². The third-order valence-electron chi connectivity index (χ3n) is 8.17. The highest BCUT2D eigenvalue weighted by Gasteiger charge is 2.54. The molecule has 1 spiro atoms. The minimum Gasteiger partial charge on any atom is -0.339 e. The predicted molar refractivity (Wildman–Crippen MR) is 132 cm³/mol. The Bertz CT molecular complexity index is 1430. The molecule has 1 N–H and O–H groups in total. The molecule has 3 aliphatic rings. The largest absolute Gasteiger partial charge is 0.339 e. The van der Waals surface area contributed by atoms with Crippen LogP contribution in [0.5, 0.6) is 0 Å². The Hall–Kier alpha value is -3.82. The van der Waals surface area contributed by atoms with Gasteiger partial charge in [0.15, 0.2) is 0 Å². The zero-order chi connectivity index (χ0) is 25.9. The quantitative estimate of drug-likeness (QED) is 0.590. The van der Waals surface area contributed by atoms with E-state index in [0.29, 0.717) is 61.3 Å². The van der Waals surface area contributed by atoms with Gasteiger partial charge in [-0.1, -0.05) is 0 Å². The molecule has 37 heavy (non-hydrogen) atoms. The SMILES string of the molecule is Cc1c(F)ccc2c1C1(CCN(C(=O)c3ccc4[nH]ncc4c3)CC1)C(=O)N2CC(=O)N1CCC(F)C1. The number of likely N-dealkylation sites (tertiary alicyclic amines) is 2. The second kappa shape index (κ2) is 8.64. The zero-order valence-corrected chi connectivity index (χ0v) is 20.5. The maximum Gasteiger partial charge on any atom is 0.253 e. The minimum absolute atomic E-state index is 0.0307. The molecule has 6 rings (SSSR count). The van der Waals surface area contributed by atoms with E-state index in [1.165, 1.54) is 15.9 Å². The van der Waals surface area contributed by atoms with Gasteiger partial charge in [0.2, 0.25) is 11.8 Å². The van der Waals surface area contributed by atoms with Gasteiger partial charge in [0.05, 0.1) is 23.7 Å². The molecule has 4 heterocycles. The monoisotopic (exact) mass is 507 g/mol. The number of halogens is 2. The first-order chi connectivity index (χ1) is 17.8. The Kier molecular flexibility index (Phi) is 5.50. The van der Waals surface area contributed by atoms with Gasteiger partial charge in [0.25, 0.3) is 5.91 Å². The Morgan fingerprint density at radius 2 is 1.92 bits per heavy atom. The minimum atomic E-state index is -1.05. The lowest BCUT2D eigenvalue weighted by atomic mass is 9.72. The predicted octanol–water partition coefficient (Wildman–Crippen LogP) is 3.10. The summed E-state index contributed by atoms with van der Waals surface area (Å²) in [5, 5.41) is 7.70. The fourth-order valence-electron chi connectivity index (χ4n) is 6.13. The smallest absolute Gasteiger partial charge is 0.253 e. The normalized spacial score (nSPS) is 20.8. The van der Waals surface area contributed by atoms with Crippen LogP contribution < -0.4 is 4.90 Å². The molecular weight excluding hydrogens is 480 g/mol. The zero-order valence-electron chi connectivity index (χ0n) is 20.5. The van der Waals surface area contributed by atoms with E-state index >= 15 is 0 Å². The van der Waals surface area contributed by atoms with Crippen LogP contribution in [-0.2, 0) is 15.0 Å². The molecule has 2 aromatic carbocycles. The van der Waals surface area contributed by atoms with Crippen molar-refractivity contribution in [3.05, 3.63) is 59.0 Å². The van der Waals surface area contributed by atoms with Crippen molar-refractivity contribution in [2.24, 2.45) is 0 Å². The summed E-state index contributed by atoms with van der Waals surface area (Å²) in [5.74, 6) is -1.12. The highest BCUT2D eigenvalue weighted by molar-refractivity contribution is 6.11. The summed E-state index contributed by atoms with van der Waals surface area (Å²) in [6.45, 7) is 2.44. The second-order valence-electron chi connectivity index (χ2n) is 10.2. The number of rotatable bonds is 3. The van der Waals surface area contributed by atoms with E-state index in [0.717, 1.165) is 10.9 Å². The summed E-state index contributed by atoms with van der Waals surface area (Å²) >= 11 is 0. The van der Waals surface area contributed by atoms with Crippen molar-refractivity contribution in [3.63, 3.8) is 0 Å². The molecule has 3 aliphatic heterocycles. The maximum atomic E-state index is 14.7. The van der Waals surface area contributed by atoms with E-state index in [-0.39, 0.29) is 30.8 Å². The van der Waals surface area contributed by atoms with Gasteiger partial charge >= 0.3 is 0 Å². The molecule has 0 bridgehead atoms. The van der Waals surface area contributed by atoms with Crippen LogP contribution in [0, 0.1) is 12.7 Å². The number of alkyl halides is 1. The van der Waals surface area contributed by atoms with Crippen molar-refractivity contribution in [1.82, 2.24) is 20.0 Å². The number of aromatic amines is 1. The van der Waals surface area contributed by atoms with Gasteiger partial charge in [-0.05, 0) is 67.6 Å². The van der Waals surface area contributed by atoms with Crippen molar-refractivity contribution in [2.75, 3.05) is 37.6 Å². The number of anilines is 1. The van der Waals surface area contributed by atoms with E-state index in [1.807, 2.05) is 6.07 Å². The van der Waals surface area contributed by atoms with Crippen LogP contribution in [0.1, 0.15) is 40.7 Å². The number of hydrogen-bond acceptors (Lipinski definition) is 4. The first-order valence-corrected chi connectivity index (χ1v) is 12.5. The highest BCUT2D eigenvalue weighted by atomic mass is 19.1. The Balaban J connectivity index is 1.26. The Morgan fingerprint density at radius 3 is 2.65 bits per heavy atom. The van der Waals surface area contributed by atoms with E-state index in [9.17, 15) is 23.2 Å². The van der Waals surface area contributed by atoms with Crippen LogP contribution >= 0.6 is 0 Å². The van der Waals surface area contributed by atoms with Gasteiger partial charge < -0.3 is 14.7 Å². The number of piperidine rings is 1. The molecule has 2 fully saturated rings. The second-order valence-corrected chi connectivity index (χ2v) is 10.2. The van der Waals surface area contributed by atoms with Crippen molar-refractivity contribution < 1.29 is 23.2 Å². The number of amides is 3. The molecule has 0 saturated carbocycles. The van der Waals surface area contributed by atoms with Gasteiger partial charge in [0, 0.05) is 36.3 Å². The number of carbonyl (C=O) groups is 3. The number of aromatic nitrogens is 2. The highest BCUT2D eigenvalue weighted by Crippen LogP contribution is 2.50. The molecular formula is C27H27F2N5O3. The summed E-state index contributed by atoms with van der Waals surface area (Å²) in [6.07, 6.45) is 1.55. The molecule has 3 aromatic rings. The first-order valence-electron chi connectivity index (χ1n) is 12.5. The van der Waals surface area contributed by atoms with E-state index in [4.69, 9.17) is 0 Å². The van der Waals surface area contributed by atoms with Gasteiger partial charge in [-0.2, -0.15) is 5.10 Å². The average molecular weight is 508 g/mol. The third kappa shape index (κ3) is 3.69. The molecule has 1 atom stereocenters. The Labute approximate surface area is 212 Å². The maximum absolute atomic E-state index is 14.7. The number of H-pyrrole nitrogens is 1. The van der Waals surface area contributed by atoms with Gasteiger partial charge in [-0.25, -0.2) is 8.78 Å². The topological polar surface area (TPSA) is 89.6 Å². The molecule has 0 aliphatic carbocycles. The molecule has 1 unspecified atom stereocenters. The van der Waals surface area contributed by atoms with E-state index in [2.05, 4.69) is 10.2 Å². The third-order valence-corrected chi connectivity index (χ3v) is 8.17. The number of nitrogens with one attached hydrogen (secondary N) is 1. The summed E-state index contributed by atoms with van der Waals surface area (Å²) in [5.41, 5.74) is 1.87. The molecule has 8 nitrogen and oxygen atoms in total. The van der Waals surface area contributed by atoms with Crippen molar-refractivity contribution in [1.29, 1.82) is 0 Å². The van der Waals surface area contributed by atoms with Crippen LogP contribution in [0.25, 0.3) is 10.9 Å². The van der Waals surface area contributed by atoms with Crippen LogP contribution in [0.4, 0.5) is 14.5 Å². The summed E-state index contributed by atoms with van der Waals surface area (Å²) in [6, 6.07) is 8.21. The van der Waals surface area contributed by atoms with Crippen LogP contribution in [-0.4, -0.2) is 76.6 Å². The summed E-state index contributed by atoms with van der Waals surface area (Å²) < 4.78 is 28.4. The van der Waals surface area contributed by atoms with Crippen molar-refractivity contribution in [2.45, 2.75) is 37.8 Å². The lowest BCUT2D eigenvalue weighted by Crippen LogP contribution is -2.51. The fourth-order valence-corrected chi connectivity index (χ4v) is 6.13.